The zero-order valence-corrected chi connectivity index (χ0v) is 13.6. The minimum atomic E-state index is -0.00472. The molecule has 0 unspecified atom stereocenters. The maximum absolute atomic E-state index is 12.6. The first kappa shape index (κ1) is 14.7. The number of anilines is 2. The molecule has 0 fully saturated rings. The third-order valence-electron chi connectivity index (χ3n) is 4.58. The van der Waals surface area contributed by atoms with Crippen LogP contribution in [0.3, 0.4) is 0 Å². The van der Waals surface area contributed by atoms with Crippen LogP contribution in [-0.4, -0.2) is 23.5 Å². The van der Waals surface area contributed by atoms with Gasteiger partial charge in [-0.15, -0.1) is 0 Å². The van der Waals surface area contributed by atoms with Crippen LogP contribution in [0.1, 0.15) is 12.5 Å². The summed E-state index contributed by atoms with van der Waals surface area (Å²) in [5.74, 6) is -0.00472. The summed E-state index contributed by atoms with van der Waals surface area (Å²) < 4.78 is 0. The number of nitrogens with zero attached hydrogens (tertiary/aromatic N) is 2. The Morgan fingerprint density at radius 1 is 1.17 bits per heavy atom. The lowest BCUT2D eigenvalue weighted by Crippen LogP contribution is -2.37. The normalized spacial score (nSPS) is 16.2. The Hall–Kier alpha value is -2.88. The summed E-state index contributed by atoms with van der Waals surface area (Å²) in [5.41, 5.74) is 4.17. The van der Waals surface area contributed by atoms with Crippen molar-refractivity contribution in [3.63, 3.8) is 0 Å². The van der Waals surface area contributed by atoms with Gasteiger partial charge in [-0.25, -0.2) is 0 Å². The largest absolute Gasteiger partial charge is 0.359 e. The zero-order chi connectivity index (χ0) is 16.5. The molecule has 0 spiro atoms. The smallest absolute Gasteiger partial charge is 0.243 e. The first-order valence-electron chi connectivity index (χ1n) is 8.20. The fraction of sp³-hybridized carbons (Fsp3) is 0.200. The highest BCUT2D eigenvalue weighted by Crippen LogP contribution is 2.31. The van der Waals surface area contributed by atoms with E-state index in [-0.39, 0.29) is 5.91 Å². The lowest BCUT2D eigenvalue weighted by Gasteiger charge is -2.24. The van der Waals surface area contributed by atoms with Gasteiger partial charge >= 0.3 is 0 Å². The number of rotatable bonds is 3. The quantitative estimate of drug-likeness (QED) is 0.802. The summed E-state index contributed by atoms with van der Waals surface area (Å²) in [7, 11) is 0. The van der Waals surface area contributed by atoms with Crippen LogP contribution in [0.25, 0.3) is 10.9 Å². The van der Waals surface area contributed by atoms with E-state index in [1.165, 1.54) is 11.3 Å². The Bertz CT molecular complexity index is 901. The van der Waals surface area contributed by atoms with Gasteiger partial charge in [-0.2, -0.15) is 0 Å². The van der Waals surface area contributed by atoms with Crippen molar-refractivity contribution < 1.29 is 4.79 Å². The molecule has 0 bridgehead atoms. The first-order valence-corrected chi connectivity index (χ1v) is 8.20. The molecule has 4 rings (SSSR count). The van der Waals surface area contributed by atoms with Crippen molar-refractivity contribution in [2.24, 2.45) is 0 Å². The van der Waals surface area contributed by atoms with Crippen LogP contribution in [0.5, 0.6) is 0 Å². The number of benzene rings is 2. The molecule has 0 aliphatic carbocycles. The summed E-state index contributed by atoms with van der Waals surface area (Å²) >= 11 is 0. The first-order chi connectivity index (χ1) is 11.7. The molecule has 1 amide bonds. The molecule has 120 valence electrons. The second-order valence-corrected chi connectivity index (χ2v) is 6.23. The van der Waals surface area contributed by atoms with E-state index in [1.807, 2.05) is 36.4 Å². The number of pyridine rings is 1. The second-order valence-electron chi connectivity index (χ2n) is 6.23. The van der Waals surface area contributed by atoms with Gasteiger partial charge in [-0.05, 0) is 49.2 Å². The number of nitrogens with one attached hydrogen (secondary N) is 1. The highest BCUT2D eigenvalue weighted by atomic mass is 16.2. The maximum atomic E-state index is 12.6. The van der Waals surface area contributed by atoms with Gasteiger partial charge < -0.3 is 10.2 Å². The molecule has 0 saturated carbocycles. The van der Waals surface area contributed by atoms with Crippen LogP contribution in [0.2, 0.25) is 0 Å². The summed E-state index contributed by atoms with van der Waals surface area (Å²) in [4.78, 5) is 19.1. The van der Waals surface area contributed by atoms with E-state index in [9.17, 15) is 4.79 Å². The number of hydrogen-bond donors (Lipinski definition) is 1. The predicted molar refractivity (Wildman–Crippen MR) is 97.3 cm³/mol. The lowest BCUT2D eigenvalue weighted by molar-refractivity contribution is -0.115. The third-order valence-corrected chi connectivity index (χ3v) is 4.58. The molecular weight excluding hydrogens is 298 g/mol. The average molecular weight is 317 g/mol. The number of para-hydroxylation sites is 1. The molecule has 3 aromatic rings. The average Bonchev–Trinajstić information content (AvgIpc) is 2.91. The Morgan fingerprint density at radius 3 is 2.96 bits per heavy atom. The highest BCUT2D eigenvalue weighted by molar-refractivity contribution is 6.02. The number of carbonyl (C=O) groups is 1. The zero-order valence-electron chi connectivity index (χ0n) is 13.6. The van der Waals surface area contributed by atoms with E-state index in [0.717, 1.165) is 23.0 Å². The number of fused-ring (bicyclic) bond motifs is 2. The van der Waals surface area contributed by atoms with Gasteiger partial charge in [0.15, 0.2) is 0 Å². The molecule has 0 saturated heterocycles. The number of hydrogen-bond acceptors (Lipinski definition) is 3. The van der Waals surface area contributed by atoms with Gasteiger partial charge in [0.1, 0.15) is 0 Å². The van der Waals surface area contributed by atoms with Crippen molar-refractivity contribution in [3.05, 3.63) is 66.4 Å². The molecular formula is C20H19N3O. The van der Waals surface area contributed by atoms with Gasteiger partial charge in [0.2, 0.25) is 5.91 Å². The van der Waals surface area contributed by atoms with Crippen LogP contribution >= 0.6 is 0 Å². The predicted octanol–water partition coefficient (Wildman–Crippen LogP) is 3.62. The topological polar surface area (TPSA) is 45.2 Å². The summed E-state index contributed by atoms with van der Waals surface area (Å²) in [5, 5.41) is 4.00. The Kier molecular flexibility index (Phi) is 3.65. The summed E-state index contributed by atoms with van der Waals surface area (Å²) in [6.07, 6.45) is 2.75. The summed E-state index contributed by atoms with van der Waals surface area (Å²) in [6, 6.07) is 18.3. The Labute approximate surface area is 141 Å². The fourth-order valence-corrected chi connectivity index (χ4v) is 3.43. The number of aromatic nitrogens is 1. The van der Waals surface area contributed by atoms with Crippen molar-refractivity contribution in [1.29, 1.82) is 0 Å². The van der Waals surface area contributed by atoms with E-state index >= 15 is 0 Å². The van der Waals surface area contributed by atoms with Crippen LogP contribution in [0.4, 0.5) is 11.4 Å². The van der Waals surface area contributed by atoms with E-state index in [2.05, 4.69) is 40.3 Å². The van der Waals surface area contributed by atoms with Crippen molar-refractivity contribution >= 4 is 28.2 Å². The molecule has 2 heterocycles. The molecule has 1 atom stereocenters. The molecule has 1 N–H and O–H groups in total. The fourth-order valence-electron chi connectivity index (χ4n) is 3.43. The SMILES string of the molecule is C[C@@H]1Cc2ccccc2N1CC(=O)Nc1cccc2ncccc12. The number of amides is 1. The Morgan fingerprint density at radius 2 is 2.04 bits per heavy atom. The second kappa shape index (κ2) is 5.96. The standard InChI is InChI=1S/C20H19N3O/c1-14-12-15-6-2-3-10-19(15)23(14)13-20(24)22-18-9-4-8-17-16(18)7-5-11-21-17/h2-11,14H,12-13H2,1H3,(H,22,24)/t14-/m1/s1. The Balaban J connectivity index is 1.55. The molecule has 4 nitrogen and oxygen atoms in total. The van der Waals surface area contributed by atoms with Crippen molar-refractivity contribution in [1.82, 2.24) is 4.98 Å². The van der Waals surface area contributed by atoms with Gasteiger partial charge in [-0.1, -0.05) is 24.3 Å². The van der Waals surface area contributed by atoms with Gasteiger partial charge in [0, 0.05) is 23.3 Å². The molecule has 2 aromatic carbocycles. The third kappa shape index (κ3) is 2.60. The summed E-state index contributed by atoms with van der Waals surface area (Å²) in [6.45, 7) is 2.52. The minimum Gasteiger partial charge on any atom is -0.359 e. The number of carbonyl (C=O) groups excluding carboxylic acids is 1. The van der Waals surface area contributed by atoms with Crippen molar-refractivity contribution in [2.45, 2.75) is 19.4 Å². The molecule has 1 aliphatic rings. The van der Waals surface area contributed by atoms with Gasteiger partial charge in [0.05, 0.1) is 17.7 Å². The van der Waals surface area contributed by atoms with Crippen LogP contribution in [-0.2, 0) is 11.2 Å². The van der Waals surface area contributed by atoms with Gasteiger partial charge in [-0.3, -0.25) is 9.78 Å². The highest BCUT2D eigenvalue weighted by Gasteiger charge is 2.27. The van der Waals surface area contributed by atoms with E-state index in [1.54, 1.807) is 6.20 Å². The van der Waals surface area contributed by atoms with Crippen LogP contribution in [0, 0.1) is 0 Å². The molecule has 24 heavy (non-hydrogen) atoms. The monoisotopic (exact) mass is 317 g/mol. The minimum absolute atomic E-state index is 0.00472. The lowest BCUT2D eigenvalue weighted by atomic mass is 10.1. The molecule has 0 radical (unpaired) electrons. The van der Waals surface area contributed by atoms with Crippen molar-refractivity contribution in [3.8, 4) is 0 Å². The van der Waals surface area contributed by atoms with Gasteiger partial charge in [0.25, 0.3) is 0 Å². The van der Waals surface area contributed by atoms with E-state index in [4.69, 9.17) is 0 Å². The molecule has 1 aromatic heterocycles. The molecule has 4 heteroatoms. The van der Waals surface area contributed by atoms with E-state index in [0.29, 0.717) is 12.6 Å². The van der Waals surface area contributed by atoms with Crippen LogP contribution in [0.15, 0.2) is 60.8 Å². The molecule has 1 aliphatic heterocycles. The van der Waals surface area contributed by atoms with Crippen LogP contribution < -0.4 is 10.2 Å². The van der Waals surface area contributed by atoms with E-state index < -0.39 is 0 Å². The maximum Gasteiger partial charge on any atom is 0.243 e. The van der Waals surface area contributed by atoms with Crippen molar-refractivity contribution in [2.75, 3.05) is 16.8 Å².